The standard InChI is InChI=1S/C16H16BrFN4O4/c17-12-8-22(16(26)21-15(12)25)9-14(24)20-5-4-19-13(23)7-10-2-1-3-11(18)6-10/h1-3,6,8H,4-5,7,9H2,(H,19,23)(H,20,24)(H,21,25,26). The molecule has 0 fully saturated rings. The third-order valence-electron chi connectivity index (χ3n) is 3.30. The predicted octanol–water partition coefficient (Wildman–Crippen LogP) is -0.0867. The van der Waals surface area contributed by atoms with Gasteiger partial charge in [0.15, 0.2) is 0 Å². The summed E-state index contributed by atoms with van der Waals surface area (Å²) in [5.41, 5.74) is -0.723. The number of aromatic nitrogens is 2. The molecule has 26 heavy (non-hydrogen) atoms. The van der Waals surface area contributed by atoms with Crippen LogP contribution in [0.4, 0.5) is 4.39 Å². The SMILES string of the molecule is O=C(Cc1cccc(F)c1)NCCNC(=O)Cn1cc(Br)c(=O)[nH]c1=O. The van der Waals surface area contributed by atoms with Gasteiger partial charge in [-0.1, -0.05) is 12.1 Å². The monoisotopic (exact) mass is 426 g/mol. The lowest BCUT2D eigenvalue weighted by molar-refractivity contribution is -0.123. The number of carbonyl (C=O) groups excluding carboxylic acids is 2. The van der Waals surface area contributed by atoms with Gasteiger partial charge >= 0.3 is 5.69 Å². The molecule has 138 valence electrons. The van der Waals surface area contributed by atoms with Crippen LogP contribution in [0.15, 0.2) is 44.5 Å². The van der Waals surface area contributed by atoms with E-state index in [1.54, 1.807) is 6.07 Å². The Morgan fingerprint density at radius 2 is 1.85 bits per heavy atom. The van der Waals surface area contributed by atoms with Crippen molar-refractivity contribution < 1.29 is 14.0 Å². The van der Waals surface area contributed by atoms with Gasteiger partial charge in [0.25, 0.3) is 5.56 Å². The van der Waals surface area contributed by atoms with Gasteiger partial charge in [0.1, 0.15) is 12.4 Å². The number of halogens is 2. The summed E-state index contributed by atoms with van der Waals surface area (Å²) in [4.78, 5) is 48.4. The Morgan fingerprint density at radius 1 is 1.15 bits per heavy atom. The average Bonchev–Trinajstić information content (AvgIpc) is 2.56. The molecule has 0 bridgehead atoms. The fourth-order valence-corrected chi connectivity index (χ4v) is 2.46. The minimum absolute atomic E-state index is 0.0342. The van der Waals surface area contributed by atoms with Crippen LogP contribution in [0.1, 0.15) is 5.56 Å². The Balaban J connectivity index is 1.73. The molecule has 3 N–H and O–H groups in total. The lowest BCUT2D eigenvalue weighted by atomic mass is 10.1. The molecular weight excluding hydrogens is 411 g/mol. The van der Waals surface area contributed by atoms with Crippen LogP contribution in [0.2, 0.25) is 0 Å². The molecule has 0 radical (unpaired) electrons. The number of hydrogen-bond acceptors (Lipinski definition) is 4. The molecule has 0 aliphatic heterocycles. The Morgan fingerprint density at radius 3 is 2.54 bits per heavy atom. The summed E-state index contributed by atoms with van der Waals surface area (Å²) in [5, 5.41) is 5.14. The van der Waals surface area contributed by atoms with Gasteiger partial charge in [-0.05, 0) is 33.6 Å². The zero-order chi connectivity index (χ0) is 19.1. The van der Waals surface area contributed by atoms with E-state index in [0.29, 0.717) is 5.56 Å². The van der Waals surface area contributed by atoms with Crippen LogP contribution in [0, 0.1) is 5.82 Å². The van der Waals surface area contributed by atoms with Crippen molar-refractivity contribution in [2.24, 2.45) is 0 Å². The third-order valence-corrected chi connectivity index (χ3v) is 3.87. The second-order valence-electron chi connectivity index (χ2n) is 5.37. The summed E-state index contributed by atoms with van der Waals surface area (Å²) in [6.07, 6.45) is 1.26. The van der Waals surface area contributed by atoms with Crippen molar-refractivity contribution in [2.45, 2.75) is 13.0 Å². The van der Waals surface area contributed by atoms with E-state index in [1.807, 2.05) is 0 Å². The molecule has 10 heteroatoms. The average molecular weight is 427 g/mol. The van der Waals surface area contributed by atoms with Gasteiger partial charge in [-0.25, -0.2) is 9.18 Å². The van der Waals surface area contributed by atoms with Crippen molar-refractivity contribution in [3.63, 3.8) is 0 Å². The number of nitrogens with one attached hydrogen (secondary N) is 3. The normalized spacial score (nSPS) is 10.4. The number of H-pyrrole nitrogens is 1. The summed E-state index contributed by atoms with van der Waals surface area (Å²) in [6.45, 7) is 0.0720. The van der Waals surface area contributed by atoms with Crippen molar-refractivity contribution in [3.05, 3.63) is 67.2 Å². The number of aromatic amines is 1. The molecular formula is C16H16BrFN4O4. The molecule has 1 aromatic carbocycles. The molecule has 0 atom stereocenters. The molecule has 0 saturated carbocycles. The molecule has 0 aliphatic rings. The number of hydrogen-bond donors (Lipinski definition) is 3. The molecule has 2 rings (SSSR count). The van der Waals surface area contributed by atoms with Gasteiger partial charge in [0.2, 0.25) is 11.8 Å². The van der Waals surface area contributed by atoms with Crippen molar-refractivity contribution in [3.8, 4) is 0 Å². The Labute approximate surface area is 155 Å². The smallest absolute Gasteiger partial charge is 0.328 e. The minimum Gasteiger partial charge on any atom is -0.354 e. The number of carbonyl (C=O) groups is 2. The van der Waals surface area contributed by atoms with Crippen LogP contribution in [0.3, 0.4) is 0 Å². The van der Waals surface area contributed by atoms with Gasteiger partial charge in [-0.2, -0.15) is 0 Å². The number of amides is 2. The van der Waals surface area contributed by atoms with Crippen LogP contribution < -0.4 is 21.9 Å². The largest absolute Gasteiger partial charge is 0.354 e. The first kappa shape index (κ1) is 19.6. The fourth-order valence-electron chi connectivity index (χ4n) is 2.11. The highest BCUT2D eigenvalue weighted by Gasteiger charge is 2.08. The quantitative estimate of drug-likeness (QED) is 0.537. The van der Waals surface area contributed by atoms with E-state index in [1.165, 1.54) is 24.4 Å². The molecule has 0 saturated heterocycles. The summed E-state index contributed by atoms with van der Waals surface area (Å²) >= 11 is 2.98. The Kier molecular flexibility index (Phi) is 6.84. The molecule has 2 aromatic rings. The lowest BCUT2D eigenvalue weighted by Gasteiger charge is -2.08. The molecule has 8 nitrogen and oxygen atoms in total. The maximum Gasteiger partial charge on any atom is 0.328 e. The molecule has 2 amide bonds. The number of rotatable bonds is 7. The first-order chi connectivity index (χ1) is 12.3. The van der Waals surface area contributed by atoms with E-state index in [4.69, 9.17) is 0 Å². The van der Waals surface area contributed by atoms with E-state index < -0.39 is 23.0 Å². The van der Waals surface area contributed by atoms with Gasteiger partial charge in [0, 0.05) is 19.3 Å². The zero-order valence-corrected chi connectivity index (χ0v) is 15.1. The highest BCUT2D eigenvalue weighted by molar-refractivity contribution is 9.10. The first-order valence-electron chi connectivity index (χ1n) is 7.62. The summed E-state index contributed by atoms with van der Waals surface area (Å²) in [6, 6.07) is 5.74. The predicted molar refractivity (Wildman–Crippen MR) is 95.1 cm³/mol. The summed E-state index contributed by atoms with van der Waals surface area (Å²) in [7, 11) is 0. The number of benzene rings is 1. The zero-order valence-electron chi connectivity index (χ0n) is 13.6. The van der Waals surface area contributed by atoms with Crippen molar-refractivity contribution in [1.82, 2.24) is 20.2 Å². The third kappa shape index (κ3) is 5.96. The van der Waals surface area contributed by atoms with E-state index in [0.717, 1.165) is 4.57 Å². The van der Waals surface area contributed by atoms with E-state index in [2.05, 4.69) is 31.5 Å². The maximum absolute atomic E-state index is 13.0. The van der Waals surface area contributed by atoms with Crippen LogP contribution in [-0.2, 0) is 22.6 Å². The van der Waals surface area contributed by atoms with Crippen LogP contribution in [-0.4, -0.2) is 34.5 Å². The molecule has 1 heterocycles. The molecule has 1 aromatic heterocycles. The Bertz CT molecular complexity index is 925. The second kappa shape index (κ2) is 9.09. The van der Waals surface area contributed by atoms with Crippen LogP contribution in [0.25, 0.3) is 0 Å². The minimum atomic E-state index is -0.697. The van der Waals surface area contributed by atoms with Gasteiger partial charge in [0.05, 0.1) is 10.9 Å². The van der Waals surface area contributed by atoms with Gasteiger partial charge in [-0.15, -0.1) is 0 Å². The van der Waals surface area contributed by atoms with Crippen molar-refractivity contribution in [1.29, 1.82) is 0 Å². The molecule has 0 spiro atoms. The summed E-state index contributed by atoms with van der Waals surface area (Å²) in [5.74, 6) is -1.16. The Hall–Kier alpha value is -2.75. The number of nitrogens with zero attached hydrogens (tertiary/aromatic N) is 1. The van der Waals surface area contributed by atoms with Crippen LogP contribution in [0.5, 0.6) is 0 Å². The van der Waals surface area contributed by atoms with Gasteiger partial charge in [-0.3, -0.25) is 23.9 Å². The topological polar surface area (TPSA) is 113 Å². The maximum atomic E-state index is 13.0. The van der Waals surface area contributed by atoms with Crippen LogP contribution >= 0.6 is 15.9 Å². The highest BCUT2D eigenvalue weighted by atomic mass is 79.9. The van der Waals surface area contributed by atoms with Crippen molar-refractivity contribution >= 4 is 27.7 Å². The second-order valence-corrected chi connectivity index (χ2v) is 6.23. The van der Waals surface area contributed by atoms with E-state index in [-0.39, 0.29) is 36.4 Å². The first-order valence-corrected chi connectivity index (χ1v) is 8.41. The molecule has 0 aliphatic carbocycles. The lowest BCUT2D eigenvalue weighted by Crippen LogP contribution is -2.39. The molecule has 0 unspecified atom stereocenters. The van der Waals surface area contributed by atoms with Crippen molar-refractivity contribution in [2.75, 3.05) is 13.1 Å². The summed E-state index contributed by atoms with van der Waals surface area (Å²) < 4.78 is 14.2. The van der Waals surface area contributed by atoms with E-state index in [9.17, 15) is 23.6 Å². The fraction of sp³-hybridized carbons (Fsp3) is 0.250. The van der Waals surface area contributed by atoms with E-state index >= 15 is 0 Å². The van der Waals surface area contributed by atoms with Gasteiger partial charge < -0.3 is 10.6 Å². The highest BCUT2D eigenvalue weighted by Crippen LogP contribution is 2.03.